The van der Waals surface area contributed by atoms with Crippen molar-refractivity contribution in [2.24, 2.45) is 0 Å². The molecule has 0 aromatic heterocycles. The molecule has 0 aliphatic heterocycles. The third-order valence-corrected chi connectivity index (χ3v) is 2.29. The molecule has 0 unspecified atom stereocenters. The summed E-state index contributed by atoms with van der Waals surface area (Å²) < 4.78 is 5.33. The molecule has 0 fully saturated rings. The number of nitro groups is 1. The van der Waals surface area contributed by atoms with Gasteiger partial charge in [-0.25, -0.2) is 0 Å². The molecular weight excluding hydrogens is 244 g/mol. The van der Waals surface area contributed by atoms with Crippen molar-refractivity contribution in [3.8, 4) is 5.75 Å². The number of hydrogen-bond donors (Lipinski definition) is 1. The lowest BCUT2D eigenvalue weighted by Crippen LogP contribution is -2.15. The number of ether oxygens (including phenoxy) is 1. The molecule has 0 aliphatic rings. The largest absolute Gasteiger partial charge is 0.481 e. The molecular formula is C11H13ClN2O3. The molecule has 17 heavy (non-hydrogen) atoms. The van der Waals surface area contributed by atoms with Crippen molar-refractivity contribution >= 4 is 17.3 Å². The average molecular weight is 257 g/mol. The highest BCUT2D eigenvalue weighted by Gasteiger charge is 2.18. The van der Waals surface area contributed by atoms with Crippen molar-refractivity contribution in [1.29, 1.82) is 0 Å². The fourth-order valence-electron chi connectivity index (χ4n) is 1.26. The van der Waals surface area contributed by atoms with Crippen LogP contribution in [0.5, 0.6) is 5.75 Å². The minimum Gasteiger partial charge on any atom is -0.481 e. The van der Waals surface area contributed by atoms with Crippen LogP contribution in [0.3, 0.4) is 0 Å². The molecule has 0 aliphatic carbocycles. The third-order valence-electron chi connectivity index (χ3n) is 1.99. The first-order valence-electron chi connectivity index (χ1n) is 4.93. The molecule has 6 heteroatoms. The summed E-state index contributed by atoms with van der Waals surface area (Å²) in [7, 11) is 1.78. The van der Waals surface area contributed by atoms with Crippen molar-refractivity contribution in [3.63, 3.8) is 0 Å². The molecule has 0 saturated heterocycles. The maximum Gasteiger partial charge on any atom is 0.312 e. The molecule has 1 rings (SSSR count). The van der Waals surface area contributed by atoms with Crippen LogP contribution in [0, 0.1) is 10.1 Å². The van der Waals surface area contributed by atoms with Gasteiger partial charge in [0, 0.05) is 12.6 Å². The predicted octanol–water partition coefficient (Wildman–Crippen LogP) is 2.40. The number of benzene rings is 1. The van der Waals surface area contributed by atoms with E-state index in [1.807, 2.05) is 0 Å². The van der Waals surface area contributed by atoms with Crippen LogP contribution in [0.4, 0.5) is 5.69 Å². The Labute approximate surface area is 104 Å². The first-order chi connectivity index (χ1) is 8.06. The molecule has 1 aromatic rings. The molecule has 0 radical (unpaired) electrons. The number of rotatable bonds is 6. The van der Waals surface area contributed by atoms with Crippen LogP contribution in [-0.2, 0) is 0 Å². The maximum absolute atomic E-state index is 10.8. The van der Waals surface area contributed by atoms with Gasteiger partial charge in [-0.3, -0.25) is 10.1 Å². The Bertz CT molecular complexity index is 435. The highest BCUT2D eigenvalue weighted by atomic mass is 35.5. The van der Waals surface area contributed by atoms with Gasteiger partial charge in [0.05, 0.1) is 9.95 Å². The van der Waals surface area contributed by atoms with Gasteiger partial charge in [0.25, 0.3) is 0 Å². The van der Waals surface area contributed by atoms with Crippen molar-refractivity contribution in [3.05, 3.63) is 45.5 Å². The smallest absolute Gasteiger partial charge is 0.312 e. The van der Waals surface area contributed by atoms with Crippen molar-refractivity contribution < 1.29 is 9.66 Å². The number of likely N-dealkylation sites (N-methyl/N-ethyl adjacent to an activating group) is 1. The van der Waals surface area contributed by atoms with E-state index in [0.29, 0.717) is 6.54 Å². The van der Waals surface area contributed by atoms with E-state index in [2.05, 4.69) is 11.9 Å². The number of nitrogens with zero attached hydrogens (tertiary/aromatic N) is 1. The van der Waals surface area contributed by atoms with Crippen LogP contribution < -0.4 is 10.1 Å². The molecule has 0 amide bonds. The van der Waals surface area contributed by atoms with Gasteiger partial charge >= 0.3 is 5.69 Å². The van der Waals surface area contributed by atoms with Gasteiger partial charge in [-0.2, -0.15) is 0 Å². The van der Waals surface area contributed by atoms with Crippen molar-refractivity contribution in [2.75, 3.05) is 20.2 Å². The molecule has 1 N–H and O–H groups in total. The van der Waals surface area contributed by atoms with Crippen LogP contribution in [0.15, 0.2) is 30.4 Å². The Kier molecular flexibility index (Phi) is 4.93. The second-order valence-electron chi connectivity index (χ2n) is 3.41. The zero-order valence-corrected chi connectivity index (χ0v) is 10.2. The fraction of sp³-hybridized carbons (Fsp3) is 0.273. The highest BCUT2D eigenvalue weighted by Crippen LogP contribution is 2.34. The molecule has 0 saturated carbocycles. The molecule has 0 heterocycles. The summed E-state index contributed by atoms with van der Waals surface area (Å²) >= 11 is 5.86. The van der Waals surface area contributed by atoms with E-state index in [1.54, 1.807) is 13.1 Å². The van der Waals surface area contributed by atoms with E-state index in [1.165, 1.54) is 12.1 Å². The predicted molar refractivity (Wildman–Crippen MR) is 66.7 cm³/mol. The van der Waals surface area contributed by atoms with Gasteiger partial charge in [0.15, 0.2) is 0 Å². The van der Waals surface area contributed by atoms with E-state index in [9.17, 15) is 10.1 Å². The molecule has 1 aromatic carbocycles. The van der Waals surface area contributed by atoms with E-state index in [-0.39, 0.29) is 23.1 Å². The minimum atomic E-state index is -0.526. The molecule has 0 atom stereocenters. The number of nitro benzene ring substituents is 1. The standard InChI is InChI=1S/C11H13ClN2O3/c1-8(6-13-2)7-17-11-9(12)4-3-5-10(11)14(15)16/h3-5,13H,1,6-7H2,2H3. The van der Waals surface area contributed by atoms with Crippen molar-refractivity contribution in [2.45, 2.75) is 0 Å². The Morgan fingerprint density at radius 1 is 1.65 bits per heavy atom. The Balaban J connectivity index is 2.82. The van der Waals surface area contributed by atoms with Gasteiger partial charge in [-0.15, -0.1) is 0 Å². The summed E-state index contributed by atoms with van der Waals surface area (Å²) in [4.78, 5) is 10.3. The summed E-state index contributed by atoms with van der Waals surface area (Å²) in [6.45, 7) is 4.53. The molecule has 0 spiro atoms. The Morgan fingerprint density at radius 3 is 2.94 bits per heavy atom. The lowest BCUT2D eigenvalue weighted by atomic mass is 10.3. The summed E-state index contributed by atoms with van der Waals surface area (Å²) in [5, 5.41) is 13.9. The summed E-state index contributed by atoms with van der Waals surface area (Å²) in [6.07, 6.45) is 0. The lowest BCUT2D eigenvalue weighted by Gasteiger charge is -2.09. The van der Waals surface area contributed by atoms with Crippen LogP contribution in [0.25, 0.3) is 0 Å². The van der Waals surface area contributed by atoms with Crippen LogP contribution in [-0.4, -0.2) is 25.1 Å². The lowest BCUT2D eigenvalue weighted by molar-refractivity contribution is -0.385. The van der Waals surface area contributed by atoms with Crippen LogP contribution in [0.2, 0.25) is 5.02 Å². The van der Waals surface area contributed by atoms with Gasteiger partial charge < -0.3 is 10.1 Å². The van der Waals surface area contributed by atoms with E-state index in [4.69, 9.17) is 16.3 Å². The third kappa shape index (κ3) is 3.72. The monoisotopic (exact) mass is 256 g/mol. The first-order valence-corrected chi connectivity index (χ1v) is 5.31. The number of nitrogens with one attached hydrogen (secondary N) is 1. The normalized spacial score (nSPS) is 10.0. The Hall–Kier alpha value is -1.59. The topological polar surface area (TPSA) is 64.4 Å². The summed E-state index contributed by atoms with van der Waals surface area (Å²) in [6, 6.07) is 4.41. The van der Waals surface area contributed by atoms with E-state index < -0.39 is 4.92 Å². The van der Waals surface area contributed by atoms with Gasteiger partial charge in [-0.1, -0.05) is 24.2 Å². The molecule has 92 valence electrons. The number of hydrogen-bond acceptors (Lipinski definition) is 4. The zero-order chi connectivity index (χ0) is 12.8. The van der Waals surface area contributed by atoms with Gasteiger partial charge in [0.2, 0.25) is 5.75 Å². The summed E-state index contributed by atoms with van der Waals surface area (Å²) in [5.41, 5.74) is 0.636. The van der Waals surface area contributed by atoms with E-state index >= 15 is 0 Å². The average Bonchev–Trinajstić information content (AvgIpc) is 2.27. The quantitative estimate of drug-likeness (QED) is 0.482. The first kappa shape index (κ1) is 13.5. The molecule has 0 bridgehead atoms. The second-order valence-corrected chi connectivity index (χ2v) is 3.82. The maximum atomic E-state index is 10.8. The Morgan fingerprint density at radius 2 is 2.35 bits per heavy atom. The van der Waals surface area contributed by atoms with Crippen LogP contribution >= 0.6 is 11.6 Å². The number of para-hydroxylation sites is 1. The van der Waals surface area contributed by atoms with Gasteiger partial charge in [-0.05, 0) is 18.7 Å². The molecule has 5 nitrogen and oxygen atoms in total. The second kappa shape index (κ2) is 6.22. The zero-order valence-electron chi connectivity index (χ0n) is 9.40. The summed E-state index contributed by atoms with van der Waals surface area (Å²) in [5.74, 6) is 0.0800. The SMILES string of the molecule is C=C(CNC)COc1c(Cl)cccc1[N+](=O)[O-]. The van der Waals surface area contributed by atoms with Crippen LogP contribution in [0.1, 0.15) is 0 Å². The van der Waals surface area contributed by atoms with E-state index in [0.717, 1.165) is 5.57 Å². The van der Waals surface area contributed by atoms with Crippen molar-refractivity contribution in [1.82, 2.24) is 5.32 Å². The fourth-order valence-corrected chi connectivity index (χ4v) is 1.48. The number of halogens is 1. The minimum absolute atomic E-state index is 0.0800. The highest BCUT2D eigenvalue weighted by molar-refractivity contribution is 6.32. The van der Waals surface area contributed by atoms with Gasteiger partial charge in [0.1, 0.15) is 6.61 Å².